The van der Waals surface area contributed by atoms with Gasteiger partial charge in [0.2, 0.25) is 0 Å². The summed E-state index contributed by atoms with van der Waals surface area (Å²) in [5.41, 5.74) is 2.75. The van der Waals surface area contributed by atoms with Gasteiger partial charge in [0.05, 0.1) is 5.69 Å². The molecule has 7 nitrogen and oxygen atoms in total. The van der Waals surface area contributed by atoms with E-state index >= 15 is 0 Å². The van der Waals surface area contributed by atoms with E-state index in [9.17, 15) is 26.3 Å². The molecule has 0 atom stereocenters. The molecular weight excluding hydrogens is 508 g/mol. The molecule has 0 amide bonds. The molecule has 1 aliphatic heterocycles. The van der Waals surface area contributed by atoms with Gasteiger partial charge >= 0.3 is 24.3 Å². The number of aromatic nitrogens is 2. The van der Waals surface area contributed by atoms with Crippen LogP contribution in [0.1, 0.15) is 49.2 Å². The number of carboxylic acids is 2. The Kier molecular flexibility index (Phi) is 11.0. The highest BCUT2D eigenvalue weighted by molar-refractivity contribution is 5.73. The SMILES string of the molecule is O=C(O)C(F)(F)F.O=C(O)C(F)(F)F.c1ccc(Cc2ncc3n2CCN(CC2CCCCC2)C3)cc1. The fourth-order valence-electron chi connectivity index (χ4n) is 4.21. The molecule has 206 valence electrons. The van der Waals surface area contributed by atoms with Crippen LogP contribution >= 0.6 is 0 Å². The summed E-state index contributed by atoms with van der Waals surface area (Å²) >= 11 is 0. The Bertz CT molecular complexity index is 978. The summed E-state index contributed by atoms with van der Waals surface area (Å²) in [7, 11) is 0. The molecular formula is C24H29F6N3O4. The minimum Gasteiger partial charge on any atom is -0.475 e. The summed E-state index contributed by atoms with van der Waals surface area (Å²) in [6.45, 7) is 4.66. The van der Waals surface area contributed by atoms with E-state index in [1.54, 1.807) is 0 Å². The van der Waals surface area contributed by atoms with Crippen molar-refractivity contribution in [1.29, 1.82) is 0 Å². The van der Waals surface area contributed by atoms with Crippen molar-refractivity contribution >= 4 is 11.9 Å². The zero-order valence-electron chi connectivity index (χ0n) is 19.9. The number of hydrogen-bond donors (Lipinski definition) is 2. The maximum Gasteiger partial charge on any atom is 0.490 e. The summed E-state index contributed by atoms with van der Waals surface area (Å²) in [5, 5.41) is 14.2. The summed E-state index contributed by atoms with van der Waals surface area (Å²) in [4.78, 5) is 25.2. The third kappa shape index (κ3) is 10.4. The Hall–Kier alpha value is -3.09. The van der Waals surface area contributed by atoms with Crippen LogP contribution in [0.2, 0.25) is 0 Å². The third-order valence-electron chi connectivity index (χ3n) is 5.98. The number of nitrogens with zero attached hydrogens (tertiary/aromatic N) is 3. The molecule has 0 spiro atoms. The zero-order chi connectivity index (χ0) is 27.6. The largest absolute Gasteiger partial charge is 0.490 e. The van der Waals surface area contributed by atoms with Crippen molar-refractivity contribution in [2.24, 2.45) is 5.92 Å². The van der Waals surface area contributed by atoms with Crippen molar-refractivity contribution in [2.45, 2.75) is 64.0 Å². The monoisotopic (exact) mass is 537 g/mol. The minimum absolute atomic E-state index is 0.932. The van der Waals surface area contributed by atoms with Gasteiger partial charge in [-0.15, -0.1) is 0 Å². The molecule has 0 unspecified atom stereocenters. The molecule has 0 saturated heterocycles. The molecule has 13 heteroatoms. The molecule has 1 fully saturated rings. The topological polar surface area (TPSA) is 95.7 Å². The maximum absolute atomic E-state index is 10.6. The van der Waals surface area contributed by atoms with Crippen molar-refractivity contribution in [1.82, 2.24) is 14.5 Å². The first-order valence-electron chi connectivity index (χ1n) is 11.7. The smallest absolute Gasteiger partial charge is 0.475 e. The van der Waals surface area contributed by atoms with E-state index < -0.39 is 24.3 Å². The van der Waals surface area contributed by atoms with Crippen LogP contribution in [0.5, 0.6) is 0 Å². The normalized spacial score (nSPS) is 16.5. The fourth-order valence-corrected chi connectivity index (χ4v) is 4.21. The molecule has 4 rings (SSSR count). The Balaban J connectivity index is 0.000000286. The van der Waals surface area contributed by atoms with Crippen LogP contribution in [0.25, 0.3) is 0 Å². The number of aliphatic carboxylic acids is 2. The van der Waals surface area contributed by atoms with E-state index in [1.807, 2.05) is 0 Å². The van der Waals surface area contributed by atoms with Gasteiger partial charge in [-0.3, -0.25) is 4.90 Å². The van der Waals surface area contributed by atoms with Gasteiger partial charge in [0.1, 0.15) is 5.82 Å². The number of carboxylic acid groups (broad SMARTS) is 2. The lowest BCUT2D eigenvalue weighted by Crippen LogP contribution is -2.37. The Morgan fingerprint density at radius 3 is 1.95 bits per heavy atom. The second kappa shape index (κ2) is 13.5. The first-order valence-corrected chi connectivity index (χ1v) is 11.7. The molecule has 1 aromatic heterocycles. The molecule has 0 bridgehead atoms. The van der Waals surface area contributed by atoms with Crippen molar-refractivity contribution in [3.8, 4) is 0 Å². The lowest BCUT2D eigenvalue weighted by atomic mass is 9.89. The summed E-state index contributed by atoms with van der Waals surface area (Å²) in [5.74, 6) is -3.36. The molecule has 2 aromatic rings. The minimum atomic E-state index is -5.08. The fraction of sp³-hybridized carbons (Fsp3) is 0.542. The number of alkyl halides is 6. The number of hydrogen-bond acceptors (Lipinski definition) is 4. The zero-order valence-corrected chi connectivity index (χ0v) is 19.9. The third-order valence-corrected chi connectivity index (χ3v) is 5.98. The Morgan fingerprint density at radius 1 is 0.892 bits per heavy atom. The van der Waals surface area contributed by atoms with E-state index in [4.69, 9.17) is 24.8 Å². The van der Waals surface area contributed by atoms with E-state index in [0.717, 1.165) is 25.4 Å². The van der Waals surface area contributed by atoms with E-state index in [2.05, 4.69) is 46.0 Å². The van der Waals surface area contributed by atoms with Gasteiger partial charge in [0.25, 0.3) is 0 Å². The van der Waals surface area contributed by atoms with Gasteiger partial charge in [0, 0.05) is 38.8 Å². The first-order chi connectivity index (χ1) is 17.3. The number of rotatable bonds is 4. The molecule has 0 radical (unpaired) electrons. The molecule has 2 heterocycles. The summed E-state index contributed by atoms with van der Waals surface area (Å²) < 4.78 is 65.9. The van der Waals surface area contributed by atoms with Crippen LogP contribution in [-0.4, -0.2) is 62.0 Å². The second-order valence-corrected chi connectivity index (χ2v) is 8.82. The van der Waals surface area contributed by atoms with Gasteiger partial charge in [-0.05, 0) is 24.3 Å². The molecule has 1 aromatic carbocycles. The lowest BCUT2D eigenvalue weighted by molar-refractivity contribution is -0.193. The molecule has 1 aliphatic carbocycles. The van der Waals surface area contributed by atoms with Crippen molar-refractivity contribution < 1.29 is 46.1 Å². The second-order valence-electron chi connectivity index (χ2n) is 8.82. The Labute approximate surface area is 209 Å². The number of benzene rings is 1. The summed E-state index contributed by atoms with van der Waals surface area (Å²) in [6, 6.07) is 10.7. The van der Waals surface area contributed by atoms with Gasteiger partial charge in [-0.2, -0.15) is 26.3 Å². The van der Waals surface area contributed by atoms with E-state index in [-0.39, 0.29) is 0 Å². The van der Waals surface area contributed by atoms with Gasteiger partial charge in [0.15, 0.2) is 0 Å². The average Bonchev–Trinajstić information content (AvgIpc) is 3.22. The van der Waals surface area contributed by atoms with E-state index in [0.29, 0.717) is 0 Å². The number of fused-ring (bicyclic) bond motifs is 1. The number of carbonyl (C=O) groups is 2. The van der Waals surface area contributed by atoms with Crippen molar-refractivity contribution in [3.05, 3.63) is 53.6 Å². The van der Waals surface area contributed by atoms with E-state index in [1.165, 1.54) is 62.3 Å². The molecule has 1 saturated carbocycles. The number of halogens is 6. The van der Waals surface area contributed by atoms with Gasteiger partial charge in [-0.25, -0.2) is 14.6 Å². The predicted octanol–water partition coefficient (Wildman–Crippen LogP) is 5.14. The van der Waals surface area contributed by atoms with Crippen LogP contribution in [0, 0.1) is 5.92 Å². The van der Waals surface area contributed by atoms with Crippen LogP contribution in [-0.2, 0) is 29.1 Å². The first kappa shape index (κ1) is 30.1. The maximum atomic E-state index is 10.6. The lowest BCUT2D eigenvalue weighted by Gasteiger charge is -2.33. The highest BCUT2D eigenvalue weighted by Crippen LogP contribution is 2.26. The van der Waals surface area contributed by atoms with Crippen molar-refractivity contribution in [3.63, 3.8) is 0 Å². The highest BCUT2D eigenvalue weighted by Gasteiger charge is 2.38. The molecule has 2 N–H and O–H groups in total. The summed E-state index contributed by atoms with van der Waals surface area (Å²) in [6.07, 6.45) is 0.0975. The van der Waals surface area contributed by atoms with Crippen LogP contribution < -0.4 is 0 Å². The quantitative estimate of drug-likeness (QED) is 0.525. The predicted molar refractivity (Wildman–Crippen MR) is 121 cm³/mol. The molecule has 37 heavy (non-hydrogen) atoms. The van der Waals surface area contributed by atoms with Gasteiger partial charge in [-0.1, -0.05) is 49.6 Å². The van der Waals surface area contributed by atoms with Crippen LogP contribution in [0.15, 0.2) is 36.5 Å². The van der Waals surface area contributed by atoms with Crippen molar-refractivity contribution in [2.75, 3.05) is 13.1 Å². The van der Waals surface area contributed by atoms with Gasteiger partial charge < -0.3 is 14.8 Å². The molecule has 2 aliphatic rings. The Morgan fingerprint density at radius 2 is 1.43 bits per heavy atom. The standard InChI is InChI=1S/C20H27N3.2C2HF3O2/c1-3-7-17(8-4-1)13-20-21-14-19-16-22(11-12-23(19)20)15-18-9-5-2-6-10-18;2*3-2(4,5)1(6)7/h1,3-4,7-8,14,18H,2,5-6,9-13,15-16H2;2*(H,6,7). The van der Waals surface area contributed by atoms with Crippen LogP contribution in [0.3, 0.4) is 0 Å². The van der Waals surface area contributed by atoms with Crippen LogP contribution in [0.4, 0.5) is 26.3 Å². The number of imidazole rings is 1. The average molecular weight is 538 g/mol. The highest BCUT2D eigenvalue weighted by atomic mass is 19.4.